The molecule has 3 saturated heterocycles. The molecule has 105 heavy (non-hydrogen) atoms. The number of fused-ring (bicyclic) bond motifs is 2. The number of hydrogen-bond donors (Lipinski definition) is 6. The van der Waals surface area contributed by atoms with Gasteiger partial charge in [0.05, 0.1) is 74.6 Å². The predicted molar refractivity (Wildman–Crippen MR) is 350 cm³/mol. The first-order valence-corrected chi connectivity index (χ1v) is 33.9. The van der Waals surface area contributed by atoms with Crippen molar-refractivity contribution in [2.24, 2.45) is 10.8 Å². The van der Waals surface area contributed by atoms with Crippen molar-refractivity contribution < 1.29 is 120 Å². The molecule has 6 N–H and O–H groups in total. The number of halogens is 10. The molecule has 4 amide bonds. The molecule has 2 unspecified atom stereocenters. The third-order valence-corrected chi connectivity index (χ3v) is 18.6. The second kappa shape index (κ2) is 33.0. The fraction of sp³-hybridized carbons (Fsp3) is 0.507. The maximum atomic E-state index is 16.7. The van der Waals surface area contributed by atoms with Crippen LogP contribution in [-0.2, 0) is 65.8 Å². The molecule has 3 fully saturated rings. The molecule has 8 rings (SSSR count). The number of aromatic nitrogens is 4. The predicted octanol–water partition coefficient (Wildman–Crippen LogP) is 9.13. The topological polar surface area (TPSA) is 326 Å². The number of ether oxygens (including phenoxy) is 6. The highest BCUT2D eigenvalue weighted by atomic mass is 31.2. The van der Waals surface area contributed by atoms with Crippen LogP contribution in [0.5, 0.6) is 5.75 Å². The number of nitrogens with zero attached hydrogens (tertiary/aromatic N) is 7. The number of carbonyl (C=O) groups excluding carboxylic acids is 6. The molecule has 27 nitrogen and oxygen atoms in total. The monoisotopic (exact) mass is 1510 g/mol. The Balaban J connectivity index is 1.19. The largest absolute Gasteiger partial charge is 0.524 e. The van der Waals surface area contributed by atoms with E-state index in [1.807, 2.05) is 10.7 Å². The number of anilines is 1. The van der Waals surface area contributed by atoms with Gasteiger partial charge in [-0.15, -0.1) is 0 Å². The van der Waals surface area contributed by atoms with Crippen molar-refractivity contribution in [1.82, 2.24) is 51.0 Å². The van der Waals surface area contributed by atoms with E-state index >= 15 is 22.0 Å². The summed E-state index contributed by atoms with van der Waals surface area (Å²) in [4.78, 5) is 116. The van der Waals surface area contributed by atoms with E-state index in [2.05, 4.69) is 51.5 Å². The Morgan fingerprint density at radius 3 is 1.83 bits per heavy atom. The Morgan fingerprint density at radius 1 is 0.752 bits per heavy atom. The molecule has 2 aromatic heterocycles. The summed E-state index contributed by atoms with van der Waals surface area (Å²) in [5.41, 5.74) is -5.95. The first kappa shape index (κ1) is 81.3. The average molecular weight is 1510 g/mol. The van der Waals surface area contributed by atoms with Gasteiger partial charge in [-0.05, 0) is 114 Å². The van der Waals surface area contributed by atoms with Crippen LogP contribution in [-0.4, -0.2) is 184 Å². The zero-order valence-electron chi connectivity index (χ0n) is 58.3. The second-order valence-electron chi connectivity index (χ2n) is 27.1. The molecule has 572 valence electrons. The number of hydrazine groups is 1. The van der Waals surface area contributed by atoms with E-state index < -0.39 is 165 Å². The van der Waals surface area contributed by atoms with Crippen LogP contribution in [0.3, 0.4) is 0 Å². The molecule has 3 aliphatic rings. The lowest BCUT2D eigenvalue weighted by molar-refractivity contribution is -0.221. The van der Waals surface area contributed by atoms with E-state index in [4.69, 9.17) is 23.5 Å². The summed E-state index contributed by atoms with van der Waals surface area (Å²) in [7, 11) is -3.71. The lowest BCUT2D eigenvalue weighted by atomic mass is 9.78. The number of phosphoric acid groups is 1. The van der Waals surface area contributed by atoms with Gasteiger partial charge in [-0.1, -0.05) is 43.9 Å². The van der Waals surface area contributed by atoms with Crippen molar-refractivity contribution >= 4 is 49.9 Å². The number of piperazine rings is 1. The third-order valence-electron chi connectivity index (χ3n) is 18.2. The number of benzene rings is 3. The van der Waals surface area contributed by atoms with Gasteiger partial charge in [0, 0.05) is 78.0 Å². The van der Waals surface area contributed by atoms with Crippen LogP contribution in [0.1, 0.15) is 106 Å². The maximum Gasteiger partial charge on any atom is 0.524 e. The summed E-state index contributed by atoms with van der Waals surface area (Å²) < 4.78 is 199. The highest BCUT2D eigenvalue weighted by Gasteiger charge is 2.58. The summed E-state index contributed by atoms with van der Waals surface area (Å²) in [6.07, 6.45) is -13.6. The van der Waals surface area contributed by atoms with Gasteiger partial charge in [0.15, 0.2) is 0 Å². The number of alkyl halides is 8. The Kier molecular flexibility index (Phi) is 25.6. The number of esters is 1. The minimum atomic E-state index is -5.37. The molecule has 5 heterocycles. The molecule has 2 bridgehead atoms. The van der Waals surface area contributed by atoms with Crippen molar-refractivity contribution in [2.45, 2.75) is 154 Å². The van der Waals surface area contributed by atoms with E-state index in [-0.39, 0.29) is 21.6 Å². The van der Waals surface area contributed by atoms with Gasteiger partial charge in [0.25, 0.3) is 5.91 Å². The number of nitrogens with one attached hydrogen (secondary N) is 4. The Morgan fingerprint density at radius 2 is 1.31 bits per heavy atom. The lowest BCUT2D eigenvalue weighted by Gasteiger charge is -2.47. The van der Waals surface area contributed by atoms with Crippen LogP contribution in [0.25, 0.3) is 11.3 Å². The first-order chi connectivity index (χ1) is 49.0. The van der Waals surface area contributed by atoms with E-state index in [1.54, 1.807) is 25.2 Å². The fourth-order valence-electron chi connectivity index (χ4n) is 12.5. The van der Waals surface area contributed by atoms with Crippen LogP contribution in [0.15, 0.2) is 73.2 Å². The Labute approximate surface area is 595 Å². The van der Waals surface area contributed by atoms with E-state index in [0.717, 1.165) is 52.4 Å². The van der Waals surface area contributed by atoms with Gasteiger partial charge in [0.2, 0.25) is 18.6 Å². The number of hydrogen-bond acceptors (Lipinski definition) is 20. The normalized spacial score (nSPS) is 17.1. The lowest BCUT2D eigenvalue weighted by Crippen LogP contribution is -2.64. The van der Waals surface area contributed by atoms with Crippen molar-refractivity contribution in [3.05, 3.63) is 124 Å². The molecule has 6 atom stereocenters. The zero-order valence-corrected chi connectivity index (χ0v) is 59.2. The smallest absolute Gasteiger partial charge is 0.453 e. The van der Waals surface area contributed by atoms with E-state index in [0.29, 0.717) is 104 Å². The molecule has 3 aromatic carbocycles. The summed E-state index contributed by atoms with van der Waals surface area (Å²) in [5, 5.41) is 9.89. The molecular formula is C67H78F10N11O16P. The van der Waals surface area contributed by atoms with Gasteiger partial charge in [-0.2, -0.15) is 40.2 Å². The number of alkyl carbamates (subject to hydrolysis) is 2. The van der Waals surface area contributed by atoms with E-state index in [9.17, 15) is 65.1 Å². The molecule has 38 heteroatoms. The molecule has 3 aliphatic heterocycles. The SMILES string of the molecule is COC(=O)N[C@H](C(=O)N[C@@H](Cc1ccc(C#Cc2cnc(N3CC4CCC(C3)N4C3COC3)nc2)cc1)[C@H](CN(Cc1c(F)cc(-c2ccn(C(F)F)n2)cc1F)NC(=O)[C@@H](NC(=O)OC)C(C)(C)C(F)(F)F)OC(=O)OCOC(=O)CC(C)(C)c1c(C)cc(C)cc1OP(=O)(O)O)C(C)(C)C(F)(F)F. The number of rotatable bonds is 27. The Hall–Kier alpha value is -9.34. The summed E-state index contributed by atoms with van der Waals surface area (Å²) in [6, 6.07) is 4.23. The number of amides is 4. The fourth-order valence-corrected chi connectivity index (χ4v) is 12.9. The van der Waals surface area contributed by atoms with Gasteiger partial charge >= 0.3 is 51.0 Å². The van der Waals surface area contributed by atoms with Gasteiger partial charge in [0.1, 0.15) is 35.6 Å². The van der Waals surface area contributed by atoms with Crippen molar-refractivity contribution in [1.29, 1.82) is 0 Å². The summed E-state index contributed by atoms with van der Waals surface area (Å²) >= 11 is 0. The molecule has 0 aliphatic carbocycles. The highest BCUT2D eigenvalue weighted by Crippen LogP contribution is 2.46. The van der Waals surface area contributed by atoms with Crippen molar-refractivity contribution in [2.75, 3.05) is 58.8 Å². The number of carbonyl (C=O) groups is 6. The van der Waals surface area contributed by atoms with Crippen molar-refractivity contribution in [3.8, 4) is 28.8 Å². The van der Waals surface area contributed by atoms with Gasteiger partial charge in [-0.3, -0.25) is 34.5 Å². The van der Waals surface area contributed by atoms with Crippen LogP contribution in [0, 0.1) is 48.2 Å². The molecule has 5 aromatic rings. The summed E-state index contributed by atoms with van der Waals surface area (Å²) in [6.45, 7) is 3.61. The average Bonchev–Trinajstić information content (AvgIpc) is 1.43. The van der Waals surface area contributed by atoms with Crippen LogP contribution < -0.4 is 30.8 Å². The third kappa shape index (κ3) is 20.4. The second-order valence-corrected chi connectivity index (χ2v) is 28.2. The first-order valence-electron chi connectivity index (χ1n) is 32.4. The van der Waals surface area contributed by atoms with Crippen LogP contribution in [0.4, 0.5) is 64.2 Å². The molecule has 0 radical (unpaired) electrons. The quantitative estimate of drug-likeness (QED) is 0.00542. The number of aryl methyl sites for hydroxylation is 2. The van der Waals surface area contributed by atoms with Crippen LogP contribution >= 0.6 is 7.82 Å². The minimum absolute atomic E-state index is 0.0912. The number of methoxy groups -OCH3 is 2. The molecule has 0 saturated carbocycles. The molecular weight excluding hydrogens is 1440 g/mol. The van der Waals surface area contributed by atoms with Crippen LogP contribution in [0.2, 0.25) is 0 Å². The molecule has 0 spiro atoms. The minimum Gasteiger partial charge on any atom is -0.453 e. The number of phosphoric ester groups is 1. The standard InChI is InChI=1S/C67H78F10N11O16P/c1-36-21-37(2)53(50(22-36)104-105(95,96)97)63(3,4)26-52(89)101-35-102-62(94)103-51(32-86(84-57(91)55(82-61(93)99-10)65(7,8)67(75,76)77)31-45-46(68)24-41(25-47(45)69)48-19-20-87(83-48)58(70)71)49(80-56(90)54(81-60(92)98-9)64(5,6)66(72,73)74)23-39-14-11-38(12-15-39)13-16-40-27-78-59(79-28-40)85-29-42-17-18-43(30-85)88(42)44-33-100-34-44/h11-12,14-15,19-22,24-25,27-28,42-44,49,51,54-55,58H,17-18,23,26,29-35H2,1-10H3,(H,80,90)(H,81,92)(H,82,93)(H,84,91)(H2,95,96,97)/t42?,43?,49-,51-,54+,55+/m0/s1. The summed E-state index contributed by atoms with van der Waals surface area (Å²) in [5.74, 6) is -1.70. The zero-order chi connectivity index (χ0) is 77.5. The van der Waals surface area contributed by atoms with Crippen molar-refractivity contribution in [3.63, 3.8) is 0 Å². The van der Waals surface area contributed by atoms with Gasteiger partial charge in [-0.25, -0.2) is 47.4 Å². The van der Waals surface area contributed by atoms with E-state index in [1.165, 1.54) is 56.6 Å². The highest BCUT2D eigenvalue weighted by molar-refractivity contribution is 7.46. The maximum absolute atomic E-state index is 16.7. The Bertz CT molecular complexity index is 4050. The van der Waals surface area contributed by atoms with Gasteiger partial charge < -0.3 is 53.8 Å².